The molecule has 3 aliphatic rings. The van der Waals surface area contributed by atoms with Gasteiger partial charge in [0, 0.05) is 17.2 Å². The number of nitrogens with one attached hydrogen (secondary N) is 1. The van der Waals surface area contributed by atoms with Crippen LogP contribution < -0.4 is 10.1 Å². The molecule has 2 aliphatic carbocycles. The minimum Gasteiger partial charge on any atom is -0.488 e. The van der Waals surface area contributed by atoms with Gasteiger partial charge in [0.1, 0.15) is 6.61 Å². The number of carbonyl (C=O) groups excluding carboxylic acids is 1. The van der Waals surface area contributed by atoms with Gasteiger partial charge in [-0.15, -0.1) is 0 Å². The van der Waals surface area contributed by atoms with Crippen LogP contribution in [0.15, 0.2) is 24.7 Å². The largest absolute Gasteiger partial charge is 0.488 e. The lowest BCUT2D eigenvalue weighted by molar-refractivity contribution is -0.000630. The van der Waals surface area contributed by atoms with E-state index in [9.17, 15) is 9.18 Å². The quantitative estimate of drug-likeness (QED) is 0.913. The van der Waals surface area contributed by atoms with Gasteiger partial charge in [0.25, 0.3) is 5.91 Å². The zero-order chi connectivity index (χ0) is 17.0. The number of fused-ring (bicyclic) bond motifs is 3. The third-order valence-electron chi connectivity index (χ3n) is 5.98. The first kappa shape index (κ1) is 14.9. The number of amides is 1. The second-order valence-electron chi connectivity index (χ2n) is 7.59. The maximum atomic E-state index is 14.6. The highest BCUT2D eigenvalue weighted by Gasteiger charge is 2.48. The van der Waals surface area contributed by atoms with Crippen LogP contribution in [0.4, 0.5) is 4.39 Å². The first-order valence-corrected chi connectivity index (χ1v) is 8.91. The molecule has 1 aliphatic heterocycles. The van der Waals surface area contributed by atoms with Gasteiger partial charge in [0.05, 0.1) is 24.8 Å². The molecule has 25 heavy (non-hydrogen) atoms. The average molecular weight is 341 g/mol. The van der Waals surface area contributed by atoms with E-state index in [1.54, 1.807) is 18.6 Å². The summed E-state index contributed by atoms with van der Waals surface area (Å²) in [5.41, 5.74) is 2.20. The molecule has 5 nitrogen and oxygen atoms in total. The third kappa shape index (κ3) is 2.34. The predicted molar refractivity (Wildman–Crippen MR) is 89.9 cm³/mol. The summed E-state index contributed by atoms with van der Waals surface area (Å²) in [4.78, 5) is 16.7. The van der Waals surface area contributed by atoms with Gasteiger partial charge in [-0.3, -0.25) is 4.79 Å². The smallest absolute Gasteiger partial charge is 0.251 e. The van der Waals surface area contributed by atoms with Gasteiger partial charge < -0.3 is 14.6 Å². The zero-order valence-corrected chi connectivity index (χ0v) is 13.9. The lowest BCUT2D eigenvalue weighted by Crippen LogP contribution is -2.53. The fourth-order valence-corrected chi connectivity index (χ4v) is 4.47. The van der Waals surface area contributed by atoms with E-state index in [2.05, 4.69) is 10.3 Å². The lowest BCUT2D eigenvalue weighted by Gasteiger charge is -2.54. The first-order valence-electron chi connectivity index (χ1n) is 8.91. The van der Waals surface area contributed by atoms with Crippen molar-refractivity contribution >= 4 is 5.91 Å². The Labute approximate surface area is 145 Å². The van der Waals surface area contributed by atoms with E-state index < -0.39 is 5.82 Å². The number of halogens is 1. The minimum atomic E-state index is -0.499. The van der Waals surface area contributed by atoms with Crippen molar-refractivity contribution in [3.8, 4) is 17.0 Å². The number of nitrogens with zero attached hydrogens (tertiary/aromatic N) is 2. The van der Waals surface area contributed by atoms with E-state index >= 15 is 0 Å². The van der Waals surface area contributed by atoms with E-state index in [1.807, 2.05) is 4.57 Å². The van der Waals surface area contributed by atoms with Gasteiger partial charge in [-0.2, -0.15) is 0 Å². The summed E-state index contributed by atoms with van der Waals surface area (Å²) in [6, 6.07) is 3.21. The van der Waals surface area contributed by atoms with E-state index in [-0.39, 0.29) is 17.7 Å². The van der Waals surface area contributed by atoms with Crippen molar-refractivity contribution in [1.29, 1.82) is 0 Å². The fraction of sp³-hybridized carbons (Fsp3) is 0.474. The second kappa shape index (κ2) is 5.31. The Morgan fingerprint density at radius 2 is 2.20 bits per heavy atom. The molecule has 1 N–H and O–H groups in total. The Balaban J connectivity index is 1.42. The third-order valence-corrected chi connectivity index (χ3v) is 5.98. The number of ether oxygens (including phenoxy) is 1. The monoisotopic (exact) mass is 341 g/mol. The van der Waals surface area contributed by atoms with Crippen molar-refractivity contribution in [3.05, 3.63) is 36.0 Å². The minimum absolute atomic E-state index is 0.202. The van der Waals surface area contributed by atoms with Gasteiger partial charge >= 0.3 is 0 Å². The van der Waals surface area contributed by atoms with Gasteiger partial charge in [0.15, 0.2) is 11.6 Å². The summed E-state index contributed by atoms with van der Waals surface area (Å²) in [5, 5.41) is 3.05. The van der Waals surface area contributed by atoms with Gasteiger partial charge in [0.2, 0.25) is 0 Å². The highest BCUT2D eigenvalue weighted by Crippen LogP contribution is 2.55. The second-order valence-corrected chi connectivity index (χ2v) is 7.59. The van der Waals surface area contributed by atoms with Gasteiger partial charge in [-0.1, -0.05) is 6.42 Å². The van der Waals surface area contributed by atoms with Crippen molar-refractivity contribution in [2.24, 2.45) is 5.41 Å². The first-order chi connectivity index (χ1) is 12.1. The summed E-state index contributed by atoms with van der Waals surface area (Å²) >= 11 is 0. The molecule has 5 rings (SSSR count). The van der Waals surface area contributed by atoms with Crippen LogP contribution in [-0.2, 0) is 6.54 Å². The molecular formula is C19H20FN3O2. The average Bonchev–Trinajstić information content (AvgIpc) is 2.91. The summed E-state index contributed by atoms with van der Waals surface area (Å²) in [6.45, 7) is 0.984. The Bertz CT molecular complexity index is 848. The molecule has 0 saturated heterocycles. The molecule has 2 fully saturated rings. The van der Waals surface area contributed by atoms with E-state index in [4.69, 9.17) is 4.74 Å². The number of carbonyl (C=O) groups is 1. The SMILES string of the molecule is O=C(NC1CC2(CCC2)C1)c1cc(F)c2c(c1)-c1cncn1CCO2. The predicted octanol–water partition coefficient (Wildman–Crippen LogP) is 3.14. The summed E-state index contributed by atoms with van der Waals surface area (Å²) in [7, 11) is 0. The van der Waals surface area contributed by atoms with Crippen molar-refractivity contribution in [3.63, 3.8) is 0 Å². The maximum absolute atomic E-state index is 14.6. The Kier molecular flexibility index (Phi) is 3.17. The molecule has 1 spiro atoms. The molecule has 130 valence electrons. The molecule has 0 radical (unpaired) electrons. The van der Waals surface area contributed by atoms with Crippen molar-refractivity contribution in [2.75, 3.05) is 6.61 Å². The van der Waals surface area contributed by atoms with E-state index in [0.717, 1.165) is 18.5 Å². The number of rotatable bonds is 2. The van der Waals surface area contributed by atoms with Crippen LogP contribution >= 0.6 is 0 Å². The van der Waals surface area contributed by atoms with Crippen LogP contribution in [0, 0.1) is 11.2 Å². The van der Waals surface area contributed by atoms with Gasteiger partial charge in [-0.05, 0) is 43.2 Å². The molecular weight excluding hydrogens is 321 g/mol. The maximum Gasteiger partial charge on any atom is 0.251 e. The molecule has 2 heterocycles. The van der Waals surface area contributed by atoms with Crippen LogP contribution in [0.3, 0.4) is 0 Å². The summed E-state index contributed by atoms with van der Waals surface area (Å²) in [5.74, 6) is -0.509. The molecule has 0 bridgehead atoms. The fourth-order valence-electron chi connectivity index (χ4n) is 4.47. The van der Waals surface area contributed by atoms with E-state index in [1.165, 1.54) is 25.3 Å². The highest BCUT2D eigenvalue weighted by atomic mass is 19.1. The van der Waals surface area contributed by atoms with Gasteiger partial charge in [-0.25, -0.2) is 9.37 Å². The molecule has 1 aromatic carbocycles. The zero-order valence-electron chi connectivity index (χ0n) is 13.9. The number of hydrogen-bond donors (Lipinski definition) is 1. The highest BCUT2D eigenvalue weighted by molar-refractivity contribution is 5.96. The number of benzene rings is 1. The Morgan fingerprint density at radius 1 is 1.36 bits per heavy atom. The number of hydrogen-bond acceptors (Lipinski definition) is 3. The molecule has 6 heteroatoms. The molecule has 2 saturated carbocycles. The van der Waals surface area contributed by atoms with Crippen LogP contribution in [0.2, 0.25) is 0 Å². The van der Waals surface area contributed by atoms with Crippen molar-refractivity contribution in [2.45, 2.75) is 44.7 Å². The standard InChI is InChI=1S/C19H20FN3O2/c20-15-7-12(18(24)22-13-8-19(9-13)2-1-3-19)6-14-16-10-21-11-23(16)4-5-25-17(14)15/h6-7,10-11,13H,1-5,8-9H2,(H,22,24). The lowest BCUT2D eigenvalue weighted by atomic mass is 9.54. The number of imidazole rings is 1. The molecule has 1 aromatic heterocycles. The van der Waals surface area contributed by atoms with Crippen LogP contribution in [0.1, 0.15) is 42.5 Å². The van der Waals surface area contributed by atoms with Crippen molar-refractivity contribution < 1.29 is 13.9 Å². The summed E-state index contributed by atoms with van der Waals surface area (Å²) < 4.78 is 22.0. The summed E-state index contributed by atoms with van der Waals surface area (Å²) in [6.07, 6.45) is 9.38. The van der Waals surface area contributed by atoms with Crippen LogP contribution in [0.5, 0.6) is 5.75 Å². The number of aromatic nitrogens is 2. The topological polar surface area (TPSA) is 56.2 Å². The molecule has 1 amide bonds. The normalized spacial score (nSPS) is 20.5. The molecule has 2 aromatic rings. The van der Waals surface area contributed by atoms with E-state index in [0.29, 0.717) is 29.7 Å². The molecule has 0 atom stereocenters. The Hall–Kier alpha value is -2.37. The van der Waals surface area contributed by atoms with Crippen LogP contribution in [-0.4, -0.2) is 28.1 Å². The van der Waals surface area contributed by atoms with Crippen LogP contribution in [0.25, 0.3) is 11.3 Å². The molecule has 0 unspecified atom stereocenters. The Morgan fingerprint density at radius 3 is 2.96 bits per heavy atom. The van der Waals surface area contributed by atoms with Crippen molar-refractivity contribution in [1.82, 2.24) is 14.9 Å².